The van der Waals surface area contributed by atoms with Crippen LogP contribution in [0, 0.1) is 5.92 Å². The Morgan fingerprint density at radius 2 is 2.08 bits per heavy atom. The fourth-order valence-corrected chi connectivity index (χ4v) is 4.65. The lowest BCUT2D eigenvalue weighted by Crippen LogP contribution is -2.43. The predicted molar refractivity (Wildman–Crippen MR) is 106 cm³/mol. The highest BCUT2D eigenvalue weighted by Gasteiger charge is 2.32. The first-order chi connectivity index (χ1) is 12.4. The number of nitrogens with zero attached hydrogens (tertiary/aromatic N) is 2. The first kappa shape index (κ1) is 21.1. The summed E-state index contributed by atoms with van der Waals surface area (Å²) in [5.74, 6) is 0.956. The quantitative estimate of drug-likeness (QED) is 0.628. The van der Waals surface area contributed by atoms with Gasteiger partial charge in [0.2, 0.25) is 5.91 Å². The van der Waals surface area contributed by atoms with Crippen molar-refractivity contribution in [3.63, 3.8) is 0 Å². The van der Waals surface area contributed by atoms with Crippen LogP contribution in [0.1, 0.15) is 31.7 Å². The molecule has 0 N–H and O–H groups in total. The summed E-state index contributed by atoms with van der Waals surface area (Å²) in [4.78, 5) is 28.5. The number of carbonyl (C=O) groups excluding carboxylic acids is 2. The van der Waals surface area contributed by atoms with E-state index in [1.165, 1.54) is 0 Å². The zero-order chi connectivity index (χ0) is 19.1. The van der Waals surface area contributed by atoms with E-state index in [1.807, 2.05) is 34.1 Å². The fraction of sp³-hybridized carbons (Fsp3) is 0.579. The average Bonchev–Trinajstić information content (AvgIpc) is 3.04. The van der Waals surface area contributed by atoms with Gasteiger partial charge in [-0.25, -0.2) is 0 Å². The molecule has 1 saturated heterocycles. The first-order valence-electron chi connectivity index (χ1n) is 8.95. The zero-order valence-electron chi connectivity index (χ0n) is 15.6. The van der Waals surface area contributed by atoms with E-state index in [1.54, 1.807) is 18.7 Å². The molecule has 2 rings (SSSR count). The molecule has 1 amide bonds. The van der Waals surface area contributed by atoms with Crippen molar-refractivity contribution < 1.29 is 14.3 Å². The van der Waals surface area contributed by atoms with Gasteiger partial charge < -0.3 is 9.64 Å². The summed E-state index contributed by atoms with van der Waals surface area (Å²) < 4.78 is 5.04. The molecule has 1 aliphatic heterocycles. The second-order valence-electron chi connectivity index (χ2n) is 6.70. The zero-order valence-corrected chi connectivity index (χ0v) is 17.2. The molecule has 1 aromatic rings. The first-order valence-corrected chi connectivity index (χ1v) is 10.4. The van der Waals surface area contributed by atoms with E-state index >= 15 is 0 Å². The normalized spacial score (nSPS) is 17.2. The lowest BCUT2D eigenvalue weighted by Gasteiger charge is -2.29. The van der Waals surface area contributed by atoms with Crippen LogP contribution in [0.2, 0.25) is 5.02 Å². The summed E-state index contributed by atoms with van der Waals surface area (Å²) in [6.45, 7) is 7.97. The van der Waals surface area contributed by atoms with E-state index in [9.17, 15) is 9.59 Å². The summed E-state index contributed by atoms with van der Waals surface area (Å²) in [6.07, 6.45) is 0. The third kappa shape index (κ3) is 5.89. The van der Waals surface area contributed by atoms with E-state index in [0.717, 1.165) is 11.3 Å². The van der Waals surface area contributed by atoms with Gasteiger partial charge in [0.15, 0.2) is 0 Å². The van der Waals surface area contributed by atoms with Gasteiger partial charge in [0.1, 0.15) is 5.37 Å². The van der Waals surface area contributed by atoms with Crippen molar-refractivity contribution in [2.24, 2.45) is 5.92 Å². The van der Waals surface area contributed by atoms with E-state index < -0.39 is 0 Å². The maximum atomic E-state index is 12.9. The minimum absolute atomic E-state index is 0.0184. The van der Waals surface area contributed by atoms with E-state index in [4.69, 9.17) is 16.3 Å². The number of amides is 1. The number of esters is 1. The maximum Gasteiger partial charge on any atom is 0.320 e. The predicted octanol–water partition coefficient (Wildman–Crippen LogP) is 3.44. The van der Waals surface area contributed by atoms with Crippen molar-refractivity contribution >= 4 is 35.2 Å². The summed E-state index contributed by atoms with van der Waals surface area (Å²) in [5, 5.41) is 0.606. The minimum atomic E-state index is -0.292. The Balaban J connectivity index is 2.07. The van der Waals surface area contributed by atoms with Gasteiger partial charge in [-0.3, -0.25) is 14.5 Å². The van der Waals surface area contributed by atoms with Crippen LogP contribution < -0.4 is 0 Å². The Bertz CT molecular complexity index is 627. The SMILES string of the molecule is CCOC(=O)CN(CC(=O)N1CCS[C@H]1c1ccccc1Cl)CC(C)C. The molecule has 0 bridgehead atoms. The molecule has 5 nitrogen and oxygen atoms in total. The molecule has 0 aromatic heterocycles. The van der Waals surface area contributed by atoms with E-state index in [2.05, 4.69) is 13.8 Å². The largest absolute Gasteiger partial charge is 0.465 e. The fourth-order valence-electron chi connectivity index (χ4n) is 3.03. The number of benzene rings is 1. The molecule has 1 aromatic carbocycles. The van der Waals surface area contributed by atoms with Crippen LogP contribution in [-0.2, 0) is 14.3 Å². The van der Waals surface area contributed by atoms with Crippen molar-refractivity contribution in [1.82, 2.24) is 9.80 Å². The van der Waals surface area contributed by atoms with Crippen LogP contribution in [0.5, 0.6) is 0 Å². The van der Waals surface area contributed by atoms with Crippen LogP contribution in [0.4, 0.5) is 0 Å². The lowest BCUT2D eigenvalue weighted by atomic mass is 10.2. The number of halogens is 1. The molecular formula is C19H27ClN2O3S. The summed E-state index contributed by atoms with van der Waals surface area (Å²) in [6, 6.07) is 7.65. The number of hydrogen-bond acceptors (Lipinski definition) is 5. The molecule has 0 saturated carbocycles. The third-order valence-electron chi connectivity index (χ3n) is 4.02. The Hall–Kier alpha value is -1.24. The van der Waals surface area contributed by atoms with Crippen LogP contribution in [-0.4, -0.2) is 60.2 Å². The third-order valence-corrected chi connectivity index (χ3v) is 5.61. The van der Waals surface area contributed by atoms with Crippen LogP contribution in [0.3, 0.4) is 0 Å². The summed E-state index contributed by atoms with van der Waals surface area (Å²) >= 11 is 8.05. The standard InChI is InChI=1S/C19H27ClN2O3S/c1-4-25-18(24)13-21(11-14(2)3)12-17(23)22-9-10-26-19(22)15-7-5-6-8-16(15)20/h5-8,14,19H,4,9-13H2,1-3H3/t19-/m0/s1. The average molecular weight is 399 g/mol. The van der Waals surface area contributed by atoms with Crippen molar-refractivity contribution in [2.45, 2.75) is 26.1 Å². The number of ether oxygens (including phenoxy) is 1. The second-order valence-corrected chi connectivity index (χ2v) is 8.30. The molecule has 0 radical (unpaired) electrons. The molecule has 0 unspecified atom stereocenters. The molecule has 0 spiro atoms. The van der Waals surface area contributed by atoms with Gasteiger partial charge in [-0.05, 0) is 18.9 Å². The molecule has 1 heterocycles. The highest BCUT2D eigenvalue weighted by molar-refractivity contribution is 7.99. The Labute approximate surface area is 165 Å². The van der Waals surface area contributed by atoms with Crippen LogP contribution in [0.15, 0.2) is 24.3 Å². The van der Waals surface area contributed by atoms with Crippen LogP contribution in [0.25, 0.3) is 0 Å². The van der Waals surface area contributed by atoms with Gasteiger partial charge >= 0.3 is 5.97 Å². The number of thioether (sulfide) groups is 1. The Kier molecular flexibility index (Phi) is 8.25. The van der Waals surface area contributed by atoms with Gasteiger partial charge in [0.05, 0.1) is 19.7 Å². The van der Waals surface area contributed by atoms with Gasteiger partial charge in [-0.1, -0.05) is 43.6 Å². The van der Waals surface area contributed by atoms with Crippen molar-refractivity contribution in [3.8, 4) is 0 Å². The molecule has 1 aliphatic rings. The van der Waals surface area contributed by atoms with E-state index in [-0.39, 0.29) is 30.3 Å². The number of carbonyl (C=O) groups is 2. The van der Waals surface area contributed by atoms with E-state index in [0.29, 0.717) is 30.6 Å². The van der Waals surface area contributed by atoms with Gasteiger partial charge in [-0.2, -0.15) is 0 Å². The molecule has 144 valence electrons. The number of rotatable bonds is 8. The van der Waals surface area contributed by atoms with Gasteiger partial charge in [0, 0.05) is 29.4 Å². The maximum absolute atomic E-state index is 12.9. The minimum Gasteiger partial charge on any atom is -0.465 e. The smallest absolute Gasteiger partial charge is 0.320 e. The highest BCUT2D eigenvalue weighted by atomic mass is 35.5. The van der Waals surface area contributed by atoms with Gasteiger partial charge in [0.25, 0.3) is 0 Å². The molecule has 1 fully saturated rings. The van der Waals surface area contributed by atoms with Crippen LogP contribution >= 0.6 is 23.4 Å². The lowest BCUT2D eigenvalue weighted by molar-refractivity contribution is -0.145. The summed E-state index contributed by atoms with van der Waals surface area (Å²) in [5.41, 5.74) is 0.964. The van der Waals surface area contributed by atoms with Crippen molar-refractivity contribution in [2.75, 3.05) is 38.5 Å². The summed E-state index contributed by atoms with van der Waals surface area (Å²) in [7, 11) is 0. The number of hydrogen-bond donors (Lipinski definition) is 0. The monoisotopic (exact) mass is 398 g/mol. The Morgan fingerprint density at radius 3 is 2.73 bits per heavy atom. The highest BCUT2D eigenvalue weighted by Crippen LogP contribution is 2.40. The molecular weight excluding hydrogens is 372 g/mol. The molecule has 7 heteroatoms. The van der Waals surface area contributed by atoms with Gasteiger partial charge in [-0.15, -0.1) is 11.8 Å². The van der Waals surface area contributed by atoms with Crippen molar-refractivity contribution in [3.05, 3.63) is 34.9 Å². The molecule has 0 aliphatic carbocycles. The Morgan fingerprint density at radius 1 is 1.35 bits per heavy atom. The topological polar surface area (TPSA) is 49.9 Å². The second kappa shape index (κ2) is 10.2. The molecule has 1 atom stereocenters. The van der Waals surface area contributed by atoms with Crippen molar-refractivity contribution in [1.29, 1.82) is 0 Å². The molecule has 26 heavy (non-hydrogen) atoms.